The van der Waals surface area contributed by atoms with Crippen molar-refractivity contribution in [3.63, 3.8) is 0 Å². The van der Waals surface area contributed by atoms with E-state index >= 15 is 0 Å². The Morgan fingerprint density at radius 3 is 2.00 bits per heavy atom. The molecular weight excluding hydrogens is 400 g/mol. The predicted octanol–water partition coefficient (Wildman–Crippen LogP) is 7.63. The summed E-state index contributed by atoms with van der Waals surface area (Å²) in [6, 6.07) is 14.2. The Hall–Kier alpha value is -2.75. The van der Waals surface area contributed by atoms with Crippen LogP contribution in [-0.2, 0) is 0 Å². The standard InChI is InChI=1S/C28H38O4/c1-4-6-7-10-21-30-25-15-13-24(14-16-25)28(29)32-27-19-17-26(18-20-27)31-22-11-8-9-12-23(3)5-2/h4,13-20,23H,1,5-12,21-22H2,2-3H3. The number of unbranched alkanes of at least 4 members (excludes halogenated alkanes) is 4. The second-order valence-electron chi connectivity index (χ2n) is 8.23. The highest BCUT2D eigenvalue weighted by atomic mass is 16.5. The highest BCUT2D eigenvalue weighted by Gasteiger charge is 2.09. The third kappa shape index (κ3) is 10.0. The van der Waals surface area contributed by atoms with E-state index < -0.39 is 5.97 Å². The van der Waals surface area contributed by atoms with E-state index in [0.717, 1.165) is 43.1 Å². The number of rotatable bonds is 16. The number of carbonyl (C=O) groups is 1. The number of ether oxygens (including phenoxy) is 3. The minimum atomic E-state index is -0.391. The van der Waals surface area contributed by atoms with Crippen LogP contribution in [0.1, 0.15) is 75.6 Å². The first-order chi connectivity index (χ1) is 15.6. The van der Waals surface area contributed by atoms with E-state index in [0.29, 0.717) is 24.5 Å². The van der Waals surface area contributed by atoms with Crippen molar-refractivity contribution < 1.29 is 19.0 Å². The van der Waals surface area contributed by atoms with Crippen molar-refractivity contribution in [3.05, 3.63) is 66.7 Å². The van der Waals surface area contributed by atoms with Crippen molar-refractivity contribution in [1.29, 1.82) is 0 Å². The van der Waals surface area contributed by atoms with Crippen LogP contribution < -0.4 is 14.2 Å². The molecule has 174 valence electrons. The molecule has 0 aliphatic carbocycles. The van der Waals surface area contributed by atoms with Gasteiger partial charge >= 0.3 is 5.97 Å². The Morgan fingerprint density at radius 2 is 1.41 bits per heavy atom. The summed E-state index contributed by atoms with van der Waals surface area (Å²) < 4.78 is 16.9. The molecule has 4 nitrogen and oxygen atoms in total. The summed E-state index contributed by atoms with van der Waals surface area (Å²) in [5, 5.41) is 0. The number of hydrogen-bond acceptors (Lipinski definition) is 4. The summed E-state index contributed by atoms with van der Waals surface area (Å²) in [6.45, 7) is 9.63. The average Bonchev–Trinajstić information content (AvgIpc) is 2.82. The van der Waals surface area contributed by atoms with E-state index in [1.54, 1.807) is 36.4 Å². The lowest BCUT2D eigenvalue weighted by Crippen LogP contribution is -2.08. The zero-order valence-electron chi connectivity index (χ0n) is 19.7. The van der Waals surface area contributed by atoms with E-state index in [2.05, 4.69) is 20.4 Å². The molecule has 0 aliphatic rings. The van der Waals surface area contributed by atoms with Gasteiger partial charge < -0.3 is 14.2 Å². The molecular formula is C28H38O4. The number of carbonyl (C=O) groups excluding carboxylic acids is 1. The number of allylic oxidation sites excluding steroid dienone is 1. The van der Waals surface area contributed by atoms with Crippen molar-refractivity contribution in [2.24, 2.45) is 5.92 Å². The van der Waals surface area contributed by atoms with Crippen molar-refractivity contribution in [3.8, 4) is 17.2 Å². The minimum Gasteiger partial charge on any atom is -0.494 e. The lowest BCUT2D eigenvalue weighted by molar-refractivity contribution is 0.0734. The molecule has 0 bridgehead atoms. The molecule has 32 heavy (non-hydrogen) atoms. The molecule has 2 aromatic rings. The summed E-state index contributed by atoms with van der Waals surface area (Å²) in [6.07, 6.45) is 11.0. The first-order valence-electron chi connectivity index (χ1n) is 11.9. The van der Waals surface area contributed by atoms with Crippen LogP contribution >= 0.6 is 0 Å². The average molecular weight is 439 g/mol. The molecule has 2 rings (SSSR count). The zero-order valence-corrected chi connectivity index (χ0v) is 19.7. The molecule has 1 unspecified atom stereocenters. The van der Waals surface area contributed by atoms with Gasteiger partial charge in [0.25, 0.3) is 0 Å². The predicted molar refractivity (Wildman–Crippen MR) is 131 cm³/mol. The summed E-state index contributed by atoms with van der Waals surface area (Å²) in [7, 11) is 0. The van der Waals surface area contributed by atoms with Gasteiger partial charge in [0, 0.05) is 0 Å². The molecule has 0 aliphatic heterocycles. The van der Waals surface area contributed by atoms with Gasteiger partial charge in [-0.05, 0) is 80.1 Å². The van der Waals surface area contributed by atoms with Crippen molar-refractivity contribution in [1.82, 2.24) is 0 Å². The maximum atomic E-state index is 12.4. The van der Waals surface area contributed by atoms with Crippen molar-refractivity contribution in [2.45, 2.75) is 65.2 Å². The normalized spacial score (nSPS) is 11.6. The monoisotopic (exact) mass is 438 g/mol. The van der Waals surface area contributed by atoms with Gasteiger partial charge in [-0.2, -0.15) is 0 Å². The molecule has 1 atom stereocenters. The Balaban J connectivity index is 1.69. The summed E-state index contributed by atoms with van der Waals surface area (Å²) in [4.78, 5) is 12.4. The molecule has 0 saturated heterocycles. The van der Waals surface area contributed by atoms with E-state index in [1.165, 1.54) is 25.7 Å². The number of esters is 1. The van der Waals surface area contributed by atoms with Crippen molar-refractivity contribution in [2.75, 3.05) is 13.2 Å². The highest BCUT2D eigenvalue weighted by molar-refractivity contribution is 5.91. The van der Waals surface area contributed by atoms with Gasteiger partial charge in [-0.25, -0.2) is 4.79 Å². The Labute approximate surface area is 193 Å². The molecule has 0 amide bonds. The first-order valence-corrected chi connectivity index (χ1v) is 11.9. The van der Waals surface area contributed by atoms with E-state index in [1.807, 2.05) is 18.2 Å². The van der Waals surface area contributed by atoms with Crippen molar-refractivity contribution >= 4 is 5.97 Å². The van der Waals surface area contributed by atoms with Gasteiger partial charge in [-0.15, -0.1) is 6.58 Å². The van der Waals surface area contributed by atoms with Crippen LogP contribution in [-0.4, -0.2) is 19.2 Å². The highest BCUT2D eigenvalue weighted by Crippen LogP contribution is 2.20. The maximum absolute atomic E-state index is 12.4. The van der Waals surface area contributed by atoms with E-state index in [4.69, 9.17) is 14.2 Å². The molecule has 4 heteroatoms. The fourth-order valence-corrected chi connectivity index (χ4v) is 3.20. The summed E-state index contributed by atoms with van der Waals surface area (Å²) in [5.41, 5.74) is 0.488. The second kappa shape index (κ2) is 15.1. The molecule has 0 heterocycles. The van der Waals surface area contributed by atoms with Gasteiger partial charge in [0.15, 0.2) is 0 Å². The molecule has 0 aromatic heterocycles. The van der Waals surface area contributed by atoms with Gasteiger partial charge in [0.2, 0.25) is 0 Å². The molecule has 2 aromatic carbocycles. The largest absolute Gasteiger partial charge is 0.494 e. The van der Waals surface area contributed by atoms with Crippen LogP contribution in [0.3, 0.4) is 0 Å². The van der Waals surface area contributed by atoms with Gasteiger partial charge in [-0.1, -0.05) is 45.6 Å². The van der Waals surface area contributed by atoms with Crippen LogP contribution in [0.25, 0.3) is 0 Å². The van der Waals surface area contributed by atoms with Crippen LogP contribution in [0.4, 0.5) is 0 Å². The number of hydrogen-bond donors (Lipinski definition) is 0. The topological polar surface area (TPSA) is 44.8 Å². The van der Waals surface area contributed by atoms with Crippen LogP contribution in [0, 0.1) is 5.92 Å². The quantitative estimate of drug-likeness (QED) is 0.117. The second-order valence-corrected chi connectivity index (χ2v) is 8.23. The lowest BCUT2D eigenvalue weighted by atomic mass is 10.0. The van der Waals surface area contributed by atoms with Crippen LogP contribution in [0.5, 0.6) is 17.2 Å². The molecule has 0 radical (unpaired) electrons. The molecule has 0 saturated carbocycles. The fraction of sp³-hybridized carbons (Fsp3) is 0.464. The first kappa shape index (κ1) is 25.5. The minimum absolute atomic E-state index is 0.391. The number of benzene rings is 2. The van der Waals surface area contributed by atoms with Gasteiger partial charge in [0.05, 0.1) is 18.8 Å². The Bertz CT molecular complexity index is 780. The third-order valence-corrected chi connectivity index (χ3v) is 5.50. The Morgan fingerprint density at radius 1 is 0.844 bits per heavy atom. The van der Waals surface area contributed by atoms with Gasteiger partial charge in [0.1, 0.15) is 17.2 Å². The zero-order chi connectivity index (χ0) is 23.0. The fourth-order valence-electron chi connectivity index (χ4n) is 3.20. The summed E-state index contributed by atoms with van der Waals surface area (Å²) >= 11 is 0. The van der Waals surface area contributed by atoms with Crippen LogP contribution in [0.2, 0.25) is 0 Å². The maximum Gasteiger partial charge on any atom is 0.343 e. The van der Waals surface area contributed by atoms with Gasteiger partial charge in [-0.3, -0.25) is 0 Å². The van der Waals surface area contributed by atoms with E-state index in [-0.39, 0.29) is 0 Å². The molecule has 0 spiro atoms. The molecule has 0 N–H and O–H groups in total. The molecule has 0 fully saturated rings. The summed E-state index contributed by atoms with van der Waals surface area (Å²) in [5.74, 6) is 2.47. The lowest BCUT2D eigenvalue weighted by Gasteiger charge is -2.10. The smallest absolute Gasteiger partial charge is 0.343 e. The SMILES string of the molecule is C=CCCCCOc1ccc(C(=O)Oc2ccc(OCCCCCC(C)CC)cc2)cc1. The van der Waals surface area contributed by atoms with E-state index in [9.17, 15) is 4.79 Å². The Kier molecular flexibility index (Phi) is 12.1. The van der Waals surface area contributed by atoms with Crippen LogP contribution in [0.15, 0.2) is 61.2 Å². The third-order valence-electron chi connectivity index (χ3n) is 5.50.